The summed E-state index contributed by atoms with van der Waals surface area (Å²) in [7, 11) is 0. The minimum absolute atomic E-state index is 0.0223. The number of H-pyrrole nitrogens is 1. The van der Waals surface area contributed by atoms with Gasteiger partial charge in [-0.3, -0.25) is 4.57 Å². The predicted molar refractivity (Wildman–Crippen MR) is 106 cm³/mol. The van der Waals surface area contributed by atoms with Gasteiger partial charge in [-0.25, -0.2) is 19.4 Å². The standard InChI is InChI=1S/C20H23N7O2/c28-19(25-8-6-15(7-9-25)26-13-21-24-20(26)29)23-18-10-17(18)14-11-22-27(12-14)16-4-2-1-3-5-16/h1-5,11-13,15,17-18H,6-10H2,(H,23,28)(H,24,29)/t17-,18+/m0/s1. The average molecular weight is 393 g/mol. The van der Waals surface area contributed by atoms with Gasteiger partial charge in [0.05, 0.1) is 11.9 Å². The van der Waals surface area contributed by atoms with Gasteiger partial charge in [0.15, 0.2) is 0 Å². The van der Waals surface area contributed by atoms with Crippen LogP contribution in [0.25, 0.3) is 5.69 Å². The molecule has 3 aromatic rings. The van der Waals surface area contributed by atoms with Crippen molar-refractivity contribution in [1.29, 1.82) is 0 Å². The van der Waals surface area contributed by atoms with Crippen LogP contribution in [0, 0.1) is 0 Å². The van der Waals surface area contributed by atoms with Gasteiger partial charge < -0.3 is 10.2 Å². The van der Waals surface area contributed by atoms with Crippen LogP contribution in [0.2, 0.25) is 0 Å². The van der Waals surface area contributed by atoms with E-state index in [0.29, 0.717) is 19.0 Å². The second-order valence-corrected chi connectivity index (χ2v) is 7.74. The van der Waals surface area contributed by atoms with Crippen LogP contribution in [0.5, 0.6) is 0 Å². The molecule has 0 spiro atoms. The van der Waals surface area contributed by atoms with Gasteiger partial charge in [0, 0.05) is 37.3 Å². The van der Waals surface area contributed by atoms with E-state index in [-0.39, 0.29) is 23.8 Å². The molecule has 2 aromatic heterocycles. The molecule has 1 saturated heterocycles. The highest BCUT2D eigenvalue weighted by atomic mass is 16.2. The van der Waals surface area contributed by atoms with E-state index in [1.165, 1.54) is 6.33 Å². The van der Waals surface area contributed by atoms with Crippen molar-refractivity contribution in [3.63, 3.8) is 0 Å². The normalized spacial score (nSPS) is 21.9. The summed E-state index contributed by atoms with van der Waals surface area (Å²) in [6.07, 6.45) is 7.91. The second kappa shape index (κ2) is 7.23. The number of hydrogen-bond donors (Lipinski definition) is 2. The first-order valence-corrected chi connectivity index (χ1v) is 9.96. The number of piperidine rings is 1. The van der Waals surface area contributed by atoms with Crippen LogP contribution < -0.4 is 11.0 Å². The molecule has 1 aromatic carbocycles. The quantitative estimate of drug-likeness (QED) is 0.704. The molecule has 3 heterocycles. The molecular weight excluding hydrogens is 370 g/mol. The first-order valence-electron chi connectivity index (χ1n) is 9.96. The largest absolute Gasteiger partial charge is 0.343 e. The van der Waals surface area contributed by atoms with Crippen molar-refractivity contribution in [1.82, 2.24) is 34.8 Å². The molecule has 5 rings (SSSR count). The number of para-hydroxylation sites is 1. The summed E-state index contributed by atoms with van der Waals surface area (Å²) in [4.78, 5) is 26.2. The topological polar surface area (TPSA) is 101 Å². The SMILES string of the molecule is O=C(N[C@@H]1C[C@H]1c1cnn(-c2ccccc2)c1)N1CCC(n2cn[nH]c2=O)CC1. The molecule has 0 bridgehead atoms. The highest BCUT2D eigenvalue weighted by Gasteiger charge is 2.41. The van der Waals surface area contributed by atoms with Crippen molar-refractivity contribution in [2.45, 2.75) is 37.3 Å². The van der Waals surface area contributed by atoms with Crippen LogP contribution in [0.3, 0.4) is 0 Å². The van der Waals surface area contributed by atoms with Crippen molar-refractivity contribution in [3.05, 3.63) is 65.1 Å². The Morgan fingerprint density at radius 3 is 2.69 bits per heavy atom. The highest BCUT2D eigenvalue weighted by Crippen LogP contribution is 2.41. The molecule has 150 valence electrons. The fourth-order valence-electron chi connectivity index (χ4n) is 4.09. The lowest BCUT2D eigenvalue weighted by molar-refractivity contribution is 0.170. The van der Waals surface area contributed by atoms with Gasteiger partial charge in [-0.2, -0.15) is 10.2 Å². The molecule has 1 aliphatic heterocycles. The molecule has 2 atom stereocenters. The third-order valence-corrected chi connectivity index (χ3v) is 5.87. The number of hydrogen-bond acceptors (Lipinski definition) is 4. The van der Waals surface area contributed by atoms with Gasteiger partial charge in [0.25, 0.3) is 0 Å². The average Bonchev–Trinajstić information content (AvgIpc) is 3.14. The van der Waals surface area contributed by atoms with E-state index in [9.17, 15) is 9.59 Å². The van der Waals surface area contributed by atoms with Gasteiger partial charge in [0.1, 0.15) is 6.33 Å². The predicted octanol–water partition coefficient (Wildman–Crippen LogP) is 1.66. The van der Waals surface area contributed by atoms with E-state index in [1.54, 1.807) is 4.57 Å². The van der Waals surface area contributed by atoms with E-state index in [4.69, 9.17) is 0 Å². The Hall–Kier alpha value is -3.36. The number of rotatable bonds is 4. The zero-order valence-electron chi connectivity index (χ0n) is 15.9. The summed E-state index contributed by atoms with van der Waals surface area (Å²) in [5.41, 5.74) is 1.99. The fraction of sp³-hybridized carbons (Fsp3) is 0.400. The van der Waals surface area contributed by atoms with E-state index >= 15 is 0 Å². The zero-order chi connectivity index (χ0) is 19.8. The molecule has 1 saturated carbocycles. The Morgan fingerprint density at radius 1 is 1.17 bits per heavy atom. The van der Waals surface area contributed by atoms with Crippen molar-refractivity contribution >= 4 is 6.03 Å². The number of nitrogens with zero attached hydrogens (tertiary/aromatic N) is 5. The molecule has 2 amide bonds. The Morgan fingerprint density at radius 2 is 1.97 bits per heavy atom. The monoisotopic (exact) mass is 393 g/mol. The molecule has 2 fully saturated rings. The van der Waals surface area contributed by atoms with Crippen LogP contribution in [-0.2, 0) is 0 Å². The first kappa shape index (κ1) is 17.7. The smallest absolute Gasteiger partial charge is 0.335 e. The number of carbonyl (C=O) groups is 1. The number of aromatic amines is 1. The Bertz CT molecular complexity index is 1050. The van der Waals surface area contributed by atoms with Crippen molar-refractivity contribution in [3.8, 4) is 5.69 Å². The third kappa shape index (κ3) is 3.55. The van der Waals surface area contributed by atoms with Gasteiger partial charge in [-0.1, -0.05) is 18.2 Å². The fourth-order valence-corrected chi connectivity index (χ4v) is 4.09. The number of benzene rings is 1. The van der Waals surface area contributed by atoms with Gasteiger partial charge in [-0.05, 0) is 37.0 Å². The van der Waals surface area contributed by atoms with E-state index in [2.05, 4.69) is 20.6 Å². The lowest BCUT2D eigenvalue weighted by Gasteiger charge is -2.32. The van der Waals surface area contributed by atoms with Crippen LogP contribution in [0.15, 0.2) is 53.8 Å². The lowest BCUT2D eigenvalue weighted by atomic mass is 10.1. The maximum Gasteiger partial charge on any atom is 0.343 e. The molecule has 2 aliphatic rings. The van der Waals surface area contributed by atoms with E-state index < -0.39 is 0 Å². The number of carbonyl (C=O) groups excluding carboxylic acids is 1. The molecule has 2 N–H and O–H groups in total. The summed E-state index contributed by atoms with van der Waals surface area (Å²) < 4.78 is 3.49. The third-order valence-electron chi connectivity index (χ3n) is 5.87. The van der Waals surface area contributed by atoms with Crippen LogP contribution in [0.1, 0.15) is 36.8 Å². The summed E-state index contributed by atoms with van der Waals surface area (Å²) in [5, 5.41) is 13.8. The van der Waals surface area contributed by atoms with Gasteiger partial charge >= 0.3 is 11.7 Å². The molecule has 9 heteroatoms. The molecule has 9 nitrogen and oxygen atoms in total. The molecule has 0 radical (unpaired) electrons. The summed E-state index contributed by atoms with van der Waals surface area (Å²) >= 11 is 0. The van der Waals surface area contributed by atoms with Crippen LogP contribution in [-0.4, -0.2) is 54.6 Å². The minimum atomic E-state index is -0.190. The van der Waals surface area contributed by atoms with E-state index in [0.717, 1.165) is 30.5 Å². The van der Waals surface area contributed by atoms with E-state index in [1.807, 2.05) is 52.3 Å². The highest BCUT2D eigenvalue weighted by molar-refractivity contribution is 5.75. The zero-order valence-corrected chi connectivity index (χ0v) is 15.9. The summed E-state index contributed by atoms with van der Waals surface area (Å²) in [6, 6.07) is 10.2. The number of nitrogens with one attached hydrogen (secondary N) is 2. The first-order chi connectivity index (χ1) is 14.2. The number of aromatic nitrogens is 5. The molecule has 1 aliphatic carbocycles. The molecular formula is C20H23N7O2. The second-order valence-electron chi connectivity index (χ2n) is 7.74. The number of urea groups is 1. The van der Waals surface area contributed by atoms with Crippen molar-refractivity contribution < 1.29 is 4.79 Å². The van der Waals surface area contributed by atoms with Crippen molar-refractivity contribution in [2.24, 2.45) is 0 Å². The lowest BCUT2D eigenvalue weighted by Crippen LogP contribution is -2.46. The Kier molecular flexibility index (Phi) is 4.42. The van der Waals surface area contributed by atoms with Gasteiger partial charge in [-0.15, -0.1) is 0 Å². The number of amides is 2. The van der Waals surface area contributed by atoms with Gasteiger partial charge in [0.2, 0.25) is 0 Å². The van der Waals surface area contributed by atoms with Crippen LogP contribution in [0.4, 0.5) is 4.79 Å². The molecule has 29 heavy (non-hydrogen) atoms. The summed E-state index contributed by atoms with van der Waals surface area (Å²) in [6.45, 7) is 1.27. The Balaban J connectivity index is 1.14. The molecule has 0 unspecified atom stereocenters. The Labute approximate surface area is 167 Å². The maximum atomic E-state index is 12.6. The maximum absolute atomic E-state index is 12.6. The summed E-state index contributed by atoms with van der Waals surface area (Å²) in [5.74, 6) is 0.318. The number of likely N-dealkylation sites (tertiary alicyclic amines) is 1. The van der Waals surface area contributed by atoms with Crippen LogP contribution >= 0.6 is 0 Å². The van der Waals surface area contributed by atoms with Crippen molar-refractivity contribution in [2.75, 3.05) is 13.1 Å². The minimum Gasteiger partial charge on any atom is -0.335 e.